The van der Waals surface area contributed by atoms with Gasteiger partial charge in [0.15, 0.2) is 16.6 Å². The van der Waals surface area contributed by atoms with Gasteiger partial charge in [-0.3, -0.25) is 4.79 Å². The van der Waals surface area contributed by atoms with Crippen molar-refractivity contribution in [2.45, 2.75) is 12.8 Å². The number of ether oxygens (including phenoxy) is 2. The molecule has 0 spiro atoms. The van der Waals surface area contributed by atoms with E-state index in [1.807, 2.05) is 23.6 Å². The third-order valence-corrected chi connectivity index (χ3v) is 6.65. The summed E-state index contributed by atoms with van der Waals surface area (Å²) in [6, 6.07) is 5.57. The van der Waals surface area contributed by atoms with Crippen LogP contribution in [0.2, 0.25) is 0 Å². The minimum absolute atomic E-state index is 0.199. The van der Waals surface area contributed by atoms with Gasteiger partial charge in [-0.25, -0.2) is 17.7 Å². The molecule has 1 aromatic heterocycles. The van der Waals surface area contributed by atoms with Crippen molar-refractivity contribution in [2.75, 3.05) is 31.5 Å². The number of carbonyl (C=O) groups is 1. The van der Waals surface area contributed by atoms with E-state index in [0.717, 1.165) is 11.3 Å². The molecule has 144 valence electrons. The number of hydrogen-bond acceptors (Lipinski definition) is 7. The fourth-order valence-electron chi connectivity index (χ4n) is 3.18. The molecule has 4 rings (SSSR count). The second kappa shape index (κ2) is 7.10. The van der Waals surface area contributed by atoms with Gasteiger partial charge in [0.05, 0.1) is 17.9 Å². The number of aromatic nitrogens is 1. The Morgan fingerprint density at radius 2 is 2.15 bits per heavy atom. The fourth-order valence-corrected chi connectivity index (χ4v) is 4.82. The van der Waals surface area contributed by atoms with E-state index in [2.05, 4.69) is 10.3 Å². The van der Waals surface area contributed by atoms with Crippen LogP contribution in [0.5, 0.6) is 11.5 Å². The van der Waals surface area contributed by atoms with Crippen LogP contribution in [0.25, 0.3) is 11.3 Å². The molecular weight excluding hydrogens is 390 g/mol. The predicted molar refractivity (Wildman–Crippen MR) is 101 cm³/mol. The zero-order valence-corrected chi connectivity index (χ0v) is 16.3. The van der Waals surface area contributed by atoms with E-state index in [9.17, 15) is 13.2 Å². The number of anilines is 1. The third kappa shape index (κ3) is 3.92. The first-order chi connectivity index (χ1) is 12.9. The number of sulfonamides is 1. The standard InChI is InChI=1S/C17H19N3O5S2/c1-27(22,23)20-6-2-3-12(8-20)16(21)19-17-18-13(9-26-17)11-4-5-14-15(7-11)25-10-24-14/h4-5,7,9,12H,2-3,6,8,10H2,1H3,(H,18,19,21)/t12-/m0/s1. The summed E-state index contributed by atoms with van der Waals surface area (Å²) in [5.74, 6) is 0.811. The minimum atomic E-state index is -3.28. The Kier molecular flexibility index (Phi) is 4.79. The van der Waals surface area contributed by atoms with Gasteiger partial charge in [0.25, 0.3) is 0 Å². The lowest BCUT2D eigenvalue weighted by atomic mass is 9.99. The molecule has 2 aromatic rings. The summed E-state index contributed by atoms with van der Waals surface area (Å²) >= 11 is 1.33. The van der Waals surface area contributed by atoms with E-state index in [1.54, 1.807) is 0 Å². The van der Waals surface area contributed by atoms with Crippen LogP contribution in [0.4, 0.5) is 5.13 Å². The second-order valence-electron chi connectivity index (χ2n) is 6.56. The SMILES string of the molecule is CS(=O)(=O)N1CCC[C@H](C(=O)Nc2nc(-c3ccc4c(c3)OCO4)cs2)C1. The Bertz CT molecular complexity index is 973. The molecule has 0 saturated carbocycles. The number of piperidine rings is 1. The summed E-state index contributed by atoms with van der Waals surface area (Å²) in [5, 5.41) is 5.17. The summed E-state index contributed by atoms with van der Waals surface area (Å²) in [4.78, 5) is 17.0. The number of benzene rings is 1. The van der Waals surface area contributed by atoms with Crippen molar-refractivity contribution >= 4 is 32.4 Å². The average Bonchev–Trinajstić information content (AvgIpc) is 3.29. The fraction of sp³-hybridized carbons (Fsp3) is 0.412. The van der Waals surface area contributed by atoms with Crippen LogP contribution in [-0.4, -0.2) is 49.8 Å². The summed E-state index contributed by atoms with van der Waals surface area (Å²) in [6.45, 7) is 0.891. The van der Waals surface area contributed by atoms with Gasteiger partial charge >= 0.3 is 0 Å². The topological polar surface area (TPSA) is 97.8 Å². The number of rotatable bonds is 4. The first-order valence-corrected chi connectivity index (χ1v) is 11.2. The molecule has 1 saturated heterocycles. The number of carbonyl (C=O) groups excluding carboxylic acids is 1. The molecule has 2 aliphatic rings. The van der Waals surface area contributed by atoms with Crippen molar-refractivity contribution in [3.63, 3.8) is 0 Å². The van der Waals surface area contributed by atoms with Gasteiger partial charge in [0, 0.05) is 24.0 Å². The highest BCUT2D eigenvalue weighted by Gasteiger charge is 2.30. The molecule has 3 heterocycles. The molecule has 8 nitrogen and oxygen atoms in total. The summed E-state index contributed by atoms with van der Waals surface area (Å²) < 4.78 is 35.5. The lowest BCUT2D eigenvalue weighted by Crippen LogP contribution is -2.43. The van der Waals surface area contributed by atoms with Crippen molar-refractivity contribution in [1.82, 2.24) is 9.29 Å². The minimum Gasteiger partial charge on any atom is -0.454 e. The molecule has 1 amide bonds. The van der Waals surface area contributed by atoms with Crippen molar-refractivity contribution < 1.29 is 22.7 Å². The first-order valence-electron chi connectivity index (χ1n) is 8.52. The molecule has 0 unspecified atom stereocenters. The van der Waals surface area contributed by atoms with Gasteiger partial charge in [-0.05, 0) is 31.0 Å². The Hall–Kier alpha value is -2.17. The highest BCUT2D eigenvalue weighted by Crippen LogP contribution is 2.36. The van der Waals surface area contributed by atoms with Gasteiger partial charge in [0.2, 0.25) is 22.7 Å². The average molecular weight is 409 g/mol. The smallest absolute Gasteiger partial charge is 0.231 e. The normalized spacial score (nSPS) is 19.8. The molecule has 1 N–H and O–H groups in total. The van der Waals surface area contributed by atoms with Crippen LogP contribution in [0, 0.1) is 5.92 Å². The van der Waals surface area contributed by atoms with Gasteiger partial charge < -0.3 is 14.8 Å². The largest absolute Gasteiger partial charge is 0.454 e. The van der Waals surface area contributed by atoms with Crippen molar-refractivity contribution in [2.24, 2.45) is 5.92 Å². The predicted octanol–water partition coefficient (Wildman–Crippen LogP) is 2.15. The van der Waals surface area contributed by atoms with Gasteiger partial charge in [-0.2, -0.15) is 0 Å². The summed E-state index contributed by atoms with van der Waals surface area (Å²) in [6.07, 6.45) is 2.51. The molecule has 10 heteroatoms. The first kappa shape index (κ1) is 18.2. The molecular formula is C17H19N3O5S2. The lowest BCUT2D eigenvalue weighted by molar-refractivity contribution is -0.120. The molecule has 1 fully saturated rings. The Morgan fingerprint density at radius 3 is 2.96 bits per heavy atom. The Morgan fingerprint density at radius 1 is 1.33 bits per heavy atom. The van der Waals surface area contributed by atoms with Crippen LogP contribution in [0.1, 0.15) is 12.8 Å². The van der Waals surface area contributed by atoms with E-state index in [1.165, 1.54) is 21.9 Å². The maximum atomic E-state index is 12.5. The monoisotopic (exact) mass is 409 g/mol. The number of nitrogens with one attached hydrogen (secondary N) is 1. The molecule has 1 atom stereocenters. The lowest BCUT2D eigenvalue weighted by Gasteiger charge is -2.29. The van der Waals surface area contributed by atoms with Crippen molar-refractivity contribution in [1.29, 1.82) is 0 Å². The maximum Gasteiger partial charge on any atom is 0.231 e. The van der Waals surface area contributed by atoms with E-state index >= 15 is 0 Å². The van der Waals surface area contributed by atoms with Gasteiger partial charge in [0.1, 0.15) is 0 Å². The summed E-state index contributed by atoms with van der Waals surface area (Å²) in [5.41, 5.74) is 1.60. The third-order valence-electron chi connectivity index (χ3n) is 4.63. The van der Waals surface area contributed by atoms with Crippen LogP contribution in [-0.2, 0) is 14.8 Å². The number of hydrogen-bond donors (Lipinski definition) is 1. The van der Waals surface area contributed by atoms with Crippen LogP contribution < -0.4 is 14.8 Å². The van der Waals surface area contributed by atoms with Crippen molar-refractivity contribution in [3.8, 4) is 22.8 Å². The van der Waals surface area contributed by atoms with E-state index in [0.29, 0.717) is 36.0 Å². The van der Waals surface area contributed by atoms with Crippen LogP contribution >= 0.6 is 11.3 Å². The summed E-state index contributed by atoms with van der Waals surface area (Å²) in [7, 11) is -3.28. The number of nitrogens with zero attached hydrogens (tertiary/aromatic N) is 2. The molecule has 1 aromatic carbocycles. The number of thiazole rings is 1. The zero-order chi connectivity index (χ0) is 19.0. The van der Waals surface area contributed by atoms with Crippen LogP contribution in [0.3, 0.4) is 0 Å². The quantitative estimate of drug-likeness (QED) is 0.831. The highest BCUT2D eigenvalue weighted by molar-refractivity contribution is 7.88. The Labute approximate surface area is 161 Å². The van der Waals surface area contributed by atoms with Gasteiger partial charge in [-0.15, -0.1) is 11.3 Å². The maximum absolute atomic E-state index is 12.5. The molecule has 0 bridgehead atoms. The highest BCUT2D eigenvalue weighted by atomic mass is 32.2. The van der Waals surface area contributed by atoms with Crippen LogP contribution in [0.15, 0.2) is 23.6 Å². The molecule has 2 aliphatic heterocycles. The Balaban J connectivity index is 1.44. The van der Waals surface area contributed by atoms with E-state index < -0.39 is 10.0 Å². The van der Waals surface area contributed by atoms with Gasteiger partial charge in [-0.1, -0.05) is 0 Å². The molecule has 27 heavy (non-hydrogen) atoms. The zero-order valence-electron chi connectivity index (χ0n) is 14.7. The molecule has 0 radical (unpaired) electrons. The van der Waals surface area contributed by atoms with E-state index in [-0.39, 0.29) is 25.2 Å². The number of amides is 1. The van der Waals surface area contributed by atoms with E-state index in [4.69, 9.17) is 9.47 Å². The molecule has 0 aliphatic carbocycles. The van der Waals surface area contributed by atoms with Crippen molar-refractivity contribution in [3.05, 3.63) is 23.6 Å². The number of fused-ring (bicyclic) bond motifs is 1. The second-order valence-corrected chi connectivity index (χ2v) is 9.40.